The average Bonchev–Trinajstić information content (AvgIpc) is 3.27. The van der Waals surface area contributed by atoms with E-state index in [4.69, 9.17) is 27.8 Å². The van der Waals surface area contributed by atoms with Crippen molar-refractivity contribution in [3.8, 4) is 23.0 Å². The lowest BCUT2D eigenvalue weighted by molar-refractivity contribution is 0.302. The number of benzene rings is 4. The summed E-state index contributed by atoms with van der Waals surface area (Å²) in [5, 5.41) is 2.61. The molecule has 4 aromatic carbocycles. The predicted octanol–water partition coefficient (Wildman–Crippen LogP) is 13.5. The minimum atomic E-state index is -2.32. The number of fused-ring (bicyclic) bond motifs is 8. The SMILES string of the molecule is CCCCCCO[Si](C)(C)c1cc2c(OCCC)c(c1)Cc1cccc(c1OCCC)Cc1cc([Si](C)(C)OCCCCCC)cc(c1OCCC)Cc1cccc(c1OCCC)C2. The molecule has 5 rings (SSSR count). The molecule has 0 saturated carbocycles. The van der Waals surface area contributed by atoms with Gasteiger partial charge < -0.3 is 27.8 Å². The van der Waals surface area contributed by atoms with Crippen molar-refractivity contribution in [3.05, 3.63) is 105 Å². The van der Waals surface area contributed by atoms with Crippen molar-refractivity contribution in [2.45, 2.75) is 170 Å². The Balaban J connectivity index is 1.79. The van der Waals surface area contributed by atoms with Crippen LogP contribution in [0.1, 0.15) is 163 Å². The van der Waals surface area contributed by atoms with Gasteiger partial charge in [0, 0.05) is 38.9 Å². The van der Waals surface area contributed by atoms with E-state index in [2.05, 4.69) is 128 Å². The number of unbranched alkanes of at least 4 members (excludes halogenated alkanes) is 6. The summed E-state index contributed by atoms with van der Waals surface area (Å²) in [6.07, 6.45) is 16.0. The fourth-order valence-electron chi connectivity index (χ4n) is 8.82. The highest BCUT2D eigenvalue weighted by Gasteiger charge is 2.31. The molecule has 8 heteroatoms. The van der Waals surface area contributed by atoms with Crippen LogP contribution in [0.4, 0.5) is 0 Å². The minimum absolute atomic E-state index is 0.645. The van der Waals surface area contributed by atoms with Crippen LogP contribution in [0.2, 0.25) is 26.2 Å². The fraction of sp³-hybridized carbons (Fsp3) is 0.571. The molecule has 0 fully saturated rings. The van der Waals surface area contributed by atoms with E-state index in [1.165, 1.54) is 93.4 Å². The average molecular weight is 909 g/mol. The lowest BCUT2D eigenvalue weighted by Crippen LogP contribution is -2.45. The summed E-state index contributed by atoms with van der Waals surface area (Å²) in [4.78, 5) is 0. The second kappa shape index (κ2) is 25.9. The number of rotatable bonds is 26. The Hall–Kier alpha value is -3.57. The van der Waals surface area contributed by atoms with Crippen molar-refractivity contribution < 1.29 is 27.8 Å². The van der Waals surface area contributed by atoms with Gasteiger partial charge in [-0.15, -0.1) is 0 Å². The molecule has 64 heavy (non-hydrogen) atoms. The topological polar surface area (TPSA) is 55.4 Å². The van der Waals surface area contributed by atoms with Gasteiger partial charge >= 0.3 is 0 Å². The molecule has 0 aliphatic heterocycles. The smallest absolute Gasteiger partial charge is 0.218 e. The van der Waals surface area contributed by atoms with E-state index in [9.17, 15) is 0 Å². The Morgan fingerprint density at radius 3 is 0.891 bits per heavy atom. The van der Waals surface area contributed by atoms with Crippen LogP contribution in [0.3, 0.4) is 0 Å². The minimum Gasteiger partial charge on any atom is -0.493 e. The number of hydrogen-bond donors (Lipinski definition) is 0. The molecular weight excluding hydrogens is 825 g/mol. The molecule has 0 heterocycles. The molecule has 0 saturated heterocycles. The van der Waals surface area contributed by atoms with Crippen molar-refractivity contribution in [3.63, 3.8) is 0 Å². The molecule has 6 nitrogen and oxygen atoms in total. The lowest BCUT2D eigenvalue weighted by atomic mass is 9.91. The highest BCUT2D eigenvalue weighted by Crippen LogP contribution is 2.39. The Morgan fingerprint density at radius 1 is 0.344 bits per heavy atom. The summed E-state index contributed by atoms with van der Waals surface area (Å²) in [6, 6.07) is 23.2. The van der Waals surface area contributed by atoms with Gasteiger partial charge in [-0.3, -0.25) is 0 Å². The van der Waals surface area contributed by atoms with Crippen LogP contribution in [-0.2, 0) is 34.5 Å². The molecule has 0 spiro atoms. The lowest BCUT2D eigenvalue weighted by Gasteiger charge is -2.28. The van der Waals surface area contributed by atoms with Gasteiger partial charge in [-0.25, -0.2) is 0 Å². The van der Waals surface area contributed by atoms with Crippen molar-refractivity contribution in [2.75, 3.05) is 39.6 Å². The summed E-state index contributed by atoms with van der Waals surface area (Å²) in [5.41, 5.74) is 9.46. The molecule has 8 bridgehead atoms. The maximum absolute atomic E-state index is 6.91. The van der Waals surface area contributed by atoms with E-state index < -0.39 is 16.6 Å². The number of ether oxygens (including phenoxy) is 4. The first-order valence-electron chi connectivity index (χ1n) is 25.3. The molecule has 0 atom stereocenters. The molecule has 0 N–H and O–H groups in total. The molecule has 1 aliphatic rings. The van der Waals surface area contributed by atoms with Gasteiger partial charge in [-0.1, -0.05) is 141 Å². The summed E-state index contributed by atoms with van der Waals surface area (Å²) in [6.45, 7) is 26.9. The van der Waals surface area contributed by atoms with Crippen LogP contribution in [0.15, 0.2) is 60.7 Å². The van der Waals surface area contributed by atoms with E-state index in [0.717, 1.165) is 74.7 Å². The van der Waals surface area contributed by atoms with E-state index in [1.807, 2.05) is 0 Å². The summed E-state index contributed by atoms with van der Waals surface area (Å²) >= 11 is 0. The van der Waals surface area contributed by atoms with Gasteiger partial charge in [0.2, 0.25) is 16.6 Å². The van der Waals surface area contributed by atoms with E-state index >= 15 is 0 Å². The molecule has 0 radical (unpaired) electrons. The predicted molar refractivity (Wildman–Crippen MR) is 275 cm³/mol. The highest BCUT2D eigenvalue weighted by molar-refractivity contribution is 6.84. The van der Waals surface area contributed by atoms with Crippen molar-refractivity contribution in [1.82, 2.24) is 0 Å². The van der Waals surface area contributed by atoms with Crippen molar-refractivity contribution in [2.24, 2.45) is 0 Å². The zero-order valence-corrected chi connectivity index (χ0v) is 43.8. The third kappa shape index (κ3) is 14.2. The second-order valence-electron chi connectivity index (χ2n) is 19.0. The molecule has 4 aromatic rings. The highest BCUT2D eigenvalue weighted by atomic mass is 28.4. The van der Waals surface area contributed by atoms with Gasteiger partial charge in [-0.05, 0) is 120 Å². The van der Waals surface area contributed by atoms with Crippen LogP contribution < -0.4 is 29.3 Å². The summed E-state index contributed by atoms with van der Waals surface area (Å²) < 4.78 is 41.3. The van der Waals surface area contributed by atoms with Gasteiger partial charge in [0.15, 0.2) is 0 Å². The summed E-state index contributed by atoms with van der Waals surface area (Å²) in [5.74, 6) is 3.92. The Kier molecular flexibility index (Phi) is 20.8. The van der Waals surface area contributed by atoms with Crippen LogP contribution in [0.5, 0.6) is 23.0 Å². The number of para-hydroxylation sites is 2. The first-order chi connectivity index (χ1) is 31.0. The van der Waals surface area contributed by atoms with Gasteiger partial charge in [0.25, 0.3) is 0 Å². The Morgan fingerprint density at radius 2 is 0.625 bits per heavy atom. The molecular formula is C56H84O6Si2. The van der Waals surface area contributed by atoms with Crippen LogP contribution in [0, 0.1) is 0 Å². The molecule has 0 aromatic heterocycles. The quantitative estimate of drug-likeness (QED) is 0.0407. The van der Waals surface area contributed by atoms with Crippen molar-refractivity contribution in [1.29, 1.82) is 0 Å². The monoisotopic (exact) mass is 909 g/mol. The zero-order valence-electron chi connectivity index (χ0n) is 41.8. The standard InChI is InChI=1S/C56H84O6Si2/c1-11-17-19-21-33-61-63(7,8)51-39-47-35-43-25-23-27-45(53(43)57-29-13-3)37-49-41-52(64(9,10)62-34-22-20-18-12-2)42-50(56(49)60-32-16-6)38-46-28-24-26-44(54(46)58-30-14-4)36-48(40-51)55(47)59-31-15-5/h23-28,39-42H,11-22,29-38H2,1-10H3. The molecule has 0 amide bonds. The zero-order chi connectivity index (χ0) is 46.0. The van der Waals surface area contributed by atoms with E-state index in [-0.39, 0.29) is 0 Å². The van der Waals surface area contributed by atoms with Gasteiger partial charge in [0.05, 0.1) is 26.4 Å². The van der Waals surface area contributed by atoms with E-state index in [0.29, 0.717) is 52.1 Å². The maximum Gasteiger partial charge on any atom is 0.218 e. The third-order valence-corrected chi connectivity index (χ3v) is 17.7. The van der Waals surface area contributed by atoms with E-state index in [1.54, 1.807) is 0 Å². The number of hydrogen-bond acceptors (Lipinski definition) is 6. The third-order valence-electron chi connectivity index (χ3n) is 12.5. The van der Waals surface area contributed by atoms with Crippen LogP contribution in [0.25, 0.3) is 0 Å². The van der Waals surface area contributed by atoms with Crippen molar-refractivity contribution >= 4 is 27.0 Å². The van der Waals surface area contributed by atoms with Gasteiger partial charge in [0.1, 0.15) is 23.0 Å². The van der Waals surface area contributed by atoms with Crippen LogP contribution >= 0.6 is 0 Å². The first kappa shape index (κ1) is 51.4. The molecule has 352 valence electrons. The molecule has 0 unspecified atom stereocenters. The first-order valence-corrected chi connectivity index (χ1v) is 31.1. The second-order valence-corrected chi connectivity index (χ2v) is 26.8. The van der Waals surface area contributed by atoms with Gasteiger partial charge in [-0.2, -0.15) is 0 Å². The largest absolute Gasteiger partial charge is 0.493 e. The summed E-state index contributed by atoms with van der Waals surface area (Å²) in [7, 11) is -4.65. The fourth-order valence-corrected chi connectivity index (χ4v) is 12.5. The normalized spacial score (nSPS) is 12.9. The Bertz CT molecular complexity index is 1800. The van der Waals surface area contributed by atoms with Crippen LogP contribution in [-0.4, -0.2) is 56.3 Å². The maximum atomic E-state index is 6.91. The Labute approximate surface area is 391 Å². The molecule has 1 aliphatic carbocycles.